The lowest BCUT2D eigenvalue weighted by Gasteiger charge is -2.10. The van der Waals surface area contributed by atoms with E-state index in [9.17, 15) is 4.79 Å². The molecule has 0 saturated heterocycles. The molecule has 0 fully saturated rings. The molecular formula is C17H23N3O2. The van der Waals surface area contributed by atoms with Gasteiger partial charge in [-0.15, -0.1) is 0 Å². The highest BCUT2D eigenvalue weighted by atomic mass is 16.5. The van der Waals surface area contributed by atoms with E-state index in [0.29, 0.717) is 12.1 Å². The third kappa shape index (κ3) is 3.95. The number of rotatable bonds is 7. The van der Waals surface area contributed by atoms with Crippen molar-refractivity contribution in [2.45, 2.75) is 20.3 Å². The molecule has 0 atom stereocenters. The number of hydrogen-bond acceptors (Lipinski definition) is 4. The Labute approximate surface area is 131 Å². The maximum absolute atomic E-state index is 12.4. The number of hydrogen-bond donors (Lipinski definition) is 2. The molecule has 2 rings (SSSR count). The van der Waals surface area contributed by atoms with Crippen LogP contribution in [-0.2, 0) is 0 Å². The molecule has 2 N–H and O–H groups in total. The van der Waals surface area contributed by atoms with Gasteiger partial charge in [-0.1, -0.05) is 6.92 Å². The van der Waals surface area contributed by atoms with Gasteiger partial charge in [-0.25, -0.2) is 0 Å². The molecule has 0 bridgehead atoms. The van der Waals surface area contributed by atoms with Gasteiger partial charge in [0.05, 0.1) is 18.2 Å². The van der Waals surface area contributed by atoms with Crippen molar-refractivity contribution in [1.82, 2.24) is 15.6 Å². The number of aryl methyl sites for hydroxylation is 1. The van der Waals surface area contributed by atoms with E-state index in [-0.39, 0.29) is 5.91 Å². The van der Waals surface area contributed by atoms with E-state index in [1.165, 1.54) is 0 Å². The molecule has 5 heteroatoms. The van der Waals surface area contributed by atoms with Crippen molar-refractivity contribution in [1.29, 1.82) is 0 Å². The number of nitrogens with zero attached hydrogens (tertiary/aromatic N) is 1. The van der Waals surface area contributed by atoms with Gasteiger partial charge in [0, 0.05) is 24.2 Å². The third-order valence-corrected chi connectivity index (χ3v) is 3.40. The minimum absolute atomic E-state index is 0.0814. The van der Waals surface area contributed by atoms with Crippen LogP contribution in [0.15, 0.2) is 24.3 Å². The normalized spacial score (nSPS) is 10.7. The molecule has 0 unspecified atom stereocenters. The Hall–Kier alpha value is -2.14. The van der Waals surface area contributed by atoms with Crippen LogP contribution < -0.4 is 15.4 Å². The van der Waals surface area contributed by atoms with Crippen molar-refractivity contribution < 1.29 is 9.53 Å². The summed E-state index contributed by atoms with van der Waals surface area (Å²) in [5.41, 5.74) is 2.26. The lowest BCUT2D eigenvalue weighted by atomic mass is 10.1. The minimum Gasteiger partial charge on any atom is -0.497 e. The number of nitrogens with one attached hydrogen (secondary N) is 2. The summed E-state index contributed by atoms with van der Waals surface area (Å²) in [5.74, 6) is 0.638. The van der Waals surface area contributed by atoms with E-state index in [1.54, 1.807) is 7.11 Å². The zero-order valence-corrected chi connectivity index (χ0v) is 13.4. The van der Waals surface area contributed by atoms with Crippen LogP contribution in [0, 0.1) is 6.92 Å². The average molecular weight is 301 g/mol. The largest absolute Gasteiger partial charge is 0.497 e. The van der Waals surface area contributed by atoms with Crippen molar-refractivity contribution in [2.24, 2.45) is 0 Å². The molecule has 1 heterocycles. The fourth-order valence-electron chi connectivity index (χ4n) is 2.31. The van der Waals surface area contributed by atoms with Crippen LogP contribution >= 0.6 is 0 Å². The molecule has 5 nitrogen and oxygen atoms in total. The van der Waals surface area contributed by atoms with Crippen LogP contribution in [0.2, 0.25) is 0 Å². The molecule has 0 aliphatic heterocycles. The van der Waals surface area contributed by atoms with Crippen LogP contribution in [0.1, 0.15) is 29.4 Å². The fourth-order valence-corrected chi connectivity index (χ4v) is 2.31. The third-order valence-electron chi connectivity index (χ3n) is 3.40. The smallest absolute Gasteiger partial charge is 0.252 e. The SMILES string of the molecule is CCCNCCNC(=O)c1cc(C)nc2ccc(OC)cc12. The van der Waals surface area contributed by atoms with Crippen molar-refractivity contribution in [3.05, 3.63) is 35.5 Å². The van der Waals surface area contributed by atoms with Crippen LogP contribution in [0.4, 0.5) is 0 Å². The molecule has 118 valence electrons. The van der Waals surface area contributed by atoms with Crippen molar-refractivity contribution >= 4 is 16.8 Å². The van der Waals surface area contributed by atoms with E-state index >= 15 is 0 Å². The summed E-state index contributed by atoms with van der Waals surface area (Å²) in [6, 6.07) is 7.40. The Morgan fingerprint density at radius 3 is 2.77 bits per heavy atom. The monoisotopic (exact) mass is 301 g/mol. The number of aromatic nitrogens is 1. The summed E-state index contributed by atoms with van der Waals surface area (Å²) in [6.07, 6.45) is 1.09. The molecule has 2 aromatic rings. The first kappa shape index (κ1) is 16.2. The topological polar surface area (TPSA) is 63.2 Å². The number of pyridine rings is 1. The van der Waals surface area contributed by atoms with Crippen LogP contribution in [0.5, 0.6) is 5.75 Å². The van der Waals surface area contributed by atoms with E-state index in [1.807, 2.05) is 31.2 Å². The molecule has 0 radical (unpaired) electrons. The highest BCUT2D eigenvalue weighted by Crippen LogP contribution is 2.23. The fraction of sp³-hybridized carbons (Fsp3) is 0.412. The Balaban J connectivity index is 2.19. The van der Waals surface area contributed by atoms with Gasteiger partial charge in [-0.3, -0.25) is 9.78 Å². The molecule has 0 aliphatic rings. The summed E-state index contributed by atoms with van der Waals surface area (Å²) in [4.78, 5) is 16.9. The van der Waals surface area contributed by atoms with Crippen molar-refractivity contribution in [3.8, 4) is 5.75 Å². The van der Waals surface area contributed by atoms with E-state index in [4.69, 9.17) is 4.74 Å². The number of benzene rings is 1. The average Bonchev–Trinajstić information content (AvgIpc) is 2.53. The number of methoxy groups -OCH3 is 1. The van der Waals surface area contributed by atoms with Gasteiger partial charge in [-0.05, 0) is 44.2 Å². The molecule has 0 aliphatic carbocycles. The predicted molar refractivity (Wildman–Crippen MR) is 88.5 cm³/mol. The molecule has 0 spiro atoms. The predicted octanol–water partition coefficient (Wildman–Crippen LogP) is 2.28. The zero-order valence-electron chi connectivity index (χ0n) is 13.4. The Kier molecular flexibility index (Phi) is 5.72. The highest BCUT2D eigenvalue weighted by Gasteiger charge is 2.12. The standard InChI is InChI=1S/C17H23N3O2/c1-4-7-18-8-9-19-17(21)15-10-12(2)20-16-6-5-13(22-3)11-14(15)16/h5-6,10-11,18H,4,7-9H2,1-3H3,(H,19,21). The summed E-state index contributed by atoms with van der Waals surface area (Å²) in [6.45, 7) is 6.34. The van der Waals surface area contributed by atoms with E-state index in [0.717, 1.165) is 41.9 Å². The maximum atomic E-state index is 12.4. The van der Waals surface area contributed by atoms with Crippen LogP contribution in [0.3, 0.4) is 0 Å². The Morgan fingerprint density at radius 2 is 2.05 bits per heavy atom. The van der Waals surface area contributed by atoms with Crippen molar-refractivity contribution in [3.63, 3.8) is 0 Å². The van der Waals surface area contributed by atoms with Gasteiger partial charge in [-0.2, -0.15) is 0 Å². The summed E-state index contributed by atoms with van der Waals surface area (Å²) < 4.78 is 5.24. The minimum atomic E-state index is -0.0814. The molecule has 1 aromatic heterocycles. The molecule has 0 saturated carbocycles. The summed E-state index contributed by atoms with van der Waals surface area (Å²) in [5, 5.41) is 7.02. The number of ether oxygens (including phenoxy) is 1. The first-order chi connectivity index (χ1) is 10.7. The second kappa shape index (κ2) is 7.75. The van der Waals surface area contributed by atoms with Crippen molar-refractivity contribution in [2.75, 3.05) is 26.7 Å². The van der Waals surface area contributed by atoms with Gasteiger partial charge in [0.25, 0.3) is 5.91 Å². The van der Waals surface area contributed by atoms with Crippen LogP contribution in [-0.4, -0.2) is 37.6 Å². The van der Waals surface area contributed by atoms with Crippen LogP contribution in [0.25, 0.3) is 10.9 Å². The van der Waals surface area contributed by atoms with Gasteiger partial charge in [0.15, 0.2) is 0 Å². The summed E-state index contributed by atoms with van der Waals surface area (Å²) >= 11 is 0. The number of carbonyl (C=O) groups is 1. The van der Waals surface area contributed by atoms with Gasteiger partial charge >= 0.3 is 0 Å². The van der Waals surface area contributed by atoms with E-state index < -0.39 is 0 Å². The molecule has 22 heavy (non-hydrogen) atoms. The van der Waals surface area contributed by atoms with Gasteiger partial charge in [0.1, 0.15) is 5.75 Å². The maximum Gasteiger partial charge on any atom is 0.252 e. The Morgan fingerprint density at radius 1 is 1.23 bits per heavy atom. The lowest BCUT2D eigenvalue weighted by molar-refractivity contribution is 0.0955. The number of amides is 1. The zero-order chi connectivity index (χ0) is 15.9. The lowest BCUT2D eigenvalue weighted by Crippen LogP contribution is -2.32. The summed E-state index contributed by atoms with van der Waals surface area (Å²) in [7, 11) is 1.61. The molecule has 1 aromatic carbocycles. The molecular weight excluding hydrogens is 278 g/mol. The highest BCUT2D eigenvalue weighted by molar-refractivity contribution is 6.06. The second-order valence-corrected chi connectivity index (χ2v) is 5.20. The van der Waals surface area contributed by atoms with Gasteiger partial charge < -0.3 is 15.4 Å². The second-order valence-electron chi connectivity index (χ2n) is 5.20. The quantitative estimate of drug-likeness (QED) is 0.770. The number of fused-ring (bicyclic) bond motifs is 1. The van der Waals surface area contributed by atoms with Gasteiger partial charge in [0.2, 0.25) is 0 Å². The van der Waals surface area contributed by atoms with E-state index in [2.05, 4.69) is 22.5 Å². The first-order valence-corrected chi connectivity index (χ1v) is 7.60. The molecule has 1 amide bonds. The first-order valence-electron chi connectivity index (χ1n) is 7.60. The Bertz CT molecular complexity index is 656. The number of carbonyl (C=O) groups excluding carboxylic acids is 1.